The van der Waals surface area contributed by atoms with Gasteiger partial charge in [0.1, 0.15) is 5.69 Å². The number of aliphatic hydroxyl groups excluding tert-OH is 1. The summed E-state index contributed by atoms with van der Waals surface area (Å²) in [4.78, 5) is 0. The quantitative estimate of drug-likeness (QED) is 0.496. The van der Waals surface area contributed by atoms with E-state index in [0.29, 0.717) is 0 Å². The molecule has 2 atom stereocenters. The molecule has 2 unspecified atom stereocenters. The minimum Gasteiger partial charge on any atom is -0.392 e. The van der Waals surface area contributed by atoms with Crippen LogP contribution >= 0.6 is 0 Å². The Morgan fingerprint density at radius 2 is 1.37 bits per heavy atom. The van der Waals surface area contributed by atoms with Crippen molar-refractivity contribution in [3.05, 3.63) is 29.1 Å². The van der Waals surface area contributed by atoms with Crippen LogP contribution in [0, 0.1) is 34.5 Å². The Morgan fingerprint density at radius 3 is 1.74 bits per heavy atom. The monoisotopic (exact) mass is 281 g/mol. The third-order valence-electron chi connectivity index (χ3n) is 3.74. The van der Waals surface area contributed by atoms with Gasteiger partial charge < -0.3 is 10.4 Å². The highest BCUT2D eigenvalue weighted by molar-refractivity contribution is 5.49. The lowest BCUT2D eigenvalue weighted by atomic mass is 9.64. The van der Waals surface area contributed by atoms with Crippen molar-refractivity contribution in [2.75, 3.05) is 5.32 Å². The number of hydrogen-bond donors (Lipinski definition) is 2. The first-order valence-corrected chi connectivity index (χ1v) is 5.64. The van der Waals surface area contributed by atoms with Crippen LogP contribution in [0.15, 0.2) is 0 Å². The molecule has 0 aliphatic heterocycles. The minimum atomic E-state index is -2.19. The van der Waals surface area contributed by atoms with Crippen LogP contribution in [-0.4, -0.2) is 17.3 Å². The molecule has 0 amide bonds. The molecular formula is C12H12F5NO. The molecule has 0 saturated heterocycles. The van der Waals surface area contributed by atoms with Gasteiger partial charge in [0.25, 0.3) is 0 Å². The molecule has 106 valence electrons. The maximum Gasteiger partial charge on any atom is 0.200 e. The first-order chi connectivity index (χ1) is 8.67. The lowest BCUT2D eigenvalue weighted by Gasteiger charge is -2.49. The highest BCUT2D eigenvalue weighted by Crippen LogP contribution is 2.43. The first-order valence-electron chi connectivity index (χ1n) is 5.64. The number of halogens is 5. The zero-order valence-electron chi connectivity index (χ0n) is 10.2. The van der Waals surface area contributed by atoms with Crippen LogP contribution in [0.1, 0.15) is 20.3 Å². The summed E-state index contributed by atoms with van der Waals surface area (Å²) in [5.74, 6) is -9.95. The second kappa shape index (κ2) is 4.33. The predicted molar refractivity (Wildman–Crippen MR) is 58.0 cm³/mol. The van der Waals surface area contributed by atoms with Crippen LogP contribution in [0.3, 0.4) is 0 Å². The molecule has 1 aromatic carbocycles. The molecule has 7 heteroatoms. The Morgan fingerprint density at radius 1 is 0.947 bits per heavy atom. The third kappa shape index (κ3) is 1.96. The fourth-order valence-electron chi connectivity index (χ4n) is 2.05. The van der Waals surface area contributed by atoms with Gasteiger partial charge in [0.15, 0.2) is 23.3 Å². The molecular weight excluding hydrogens is 269 g/mol. The molecule has 0 aromatic heterocycles. The number of aliphatic hydroxyl groups is 1. The molecule has 2 N–H and O–H groups in total. The van der Waals surface area contributed by atoms with Gasteiger partial charge in [0.2, 0.25) is 5.82 Å². The van der Waals surface area contributed by atoms with Gasteiger partial charge in [-0.25, -0.2) is 22.0 Å². The molecule has 2 nitrogen and oxygen atoms in total. The standard InChI is InChI=1S/C12H12F5NO/c1-12(2)4(3-5(12)19)18-11-9(16)7(14)6(13)8(15)10(11)17/h4-5,18-19H,3H2,1-2H3. The second-order valence-corrected chi connectivity index (χ2v) is 5.21. The van der Waals surface area contributed by atoms with Gasteiger partial charge in [-0.1, -0.05) is 13.8 Å². The second-order valence-electron chi connectivity index (χ2n) is 5.21. The van der Waals surface area contributed by atoms with Crippen molar-refractivity contribution in [1.82, 2.24) is 0 Å². The van der Waals surface area contributed by atoms with E-state index in [1.807, 2.05) is 0 Å². The average molecular weight is 281 g/mol. The molecule has 1 aliphatic rings. The SMILES string of the molecule is CC1(C)C(O)CC1Nc1c(F)c(F)c(F)c(F)c1F. The Labute approximate surface area is 106 Å². The molecule has 19 heavy (non-hydrogen) atoms. The zero-order chi connectivity index (χ0) is 14.5. The van der Waals surface area contributed by atoms with Gasteiger partial charge in [0.05, 0.1) is 6.10 Å². The number of nitrogens with one attached hydrogen (secondary N) is 1. The van der Waals surface area contributed by atoms with Crippen LogP contribution in [0.4, 0.5) is 27.6 Å². The van der Waals surface area contributed by atoms with Gasteiger partial charge in [0, 0.05) is 11.5 Å². The van der Waals surface area contributed by atoms with E-state index in [9.17, 15) is 27.1 Å². The number of hydrogen-bond acceptors (Lipinski definition) is 2. The fourth-order valence-corrected chi connectivity index (χ4v) is 2.05. The van der Waals surface area contributed by atoms with Crippen LogP contribution in [0.5, 0.6) is 0 Å². The zero-order valence-corrected chi connectivity index (χ0v) is 10.2. The Kier molecular flexibility index (Phi) is 3.20. The van der Waals surface area contributed by atoms with E-state index < -0.39 is 52.3 Å². The van der Waals surface area contributed by atoms with E-state index in [4.69, 9.17) is 0 Å². The van der Waals surface area contributed by atoms with Crippen molar-refractivity contribution in [3.63, 3.8) is 0 Å². The third-order valence-corrected chi connectivity index (χ3v) is 3.74. The number of rotatable bonds is 2. The number of benzene rings is 1. The molecule has 1 fully saturated rings. The summed E-state index contributed by atoms with van der Waals surface area (Å²) < 4.78 is 65.7. The highest BCUT2D eigenvalue weighted by atomic mass is 19.2. The van der Waals surface area contributed by atoms with Crippen LogP contribution in [-0.2, 0) is 0 Å². The molecule has 1 aliphatic carbocycles. The highest BCUT2D eigenvalue weighted by Gasteiger charge is 2.48. The summed E-state index contributed by atoms with van der Waals surface area (Å²) in [6.07, 6.45) is -0.516. The van der Waals surface area contributed by atoms with E-state index >= 15 is 0 Å². The summed E-state index contributed by atoms with van der Waals surface area (Å²) >= 11 is 0. The van der Waals surface area contributed by atoms with Crippen LogP contribution < -0.4 is 5.32 Å². The van der Waals surface area contributed by atoms with E-state index in [-0.39, 0.29) is 6.42 Å². The van der Waals surface area contributed by atoms with E-state index in [1.165, 1.54) is 0 Å². The normalized spacial score (nSPS) is 25.1. The van der Waals surface area contributed by atoms with Crippen molar-refractivity contribution in [2.45, 2.75) is 32.4 Å². The van der Waals surface area contributed by atoms with E-state index in [1.54, 1.807) is 13.8 Å². The minimum absolute atomic E-state index is 0.173. The maximum atomic E-state index is 13.4. The van der Waals surface area contributed by atoms with Gasteiger partial charge in [-0.15, -0.1) is 0 Å². The Bertz CT molecular complexity index is 502. The topological polar surface area (TPSA) is 32.3 Å². The van der Waals surface area contributed by atoms with Crippen molar-refractivity contribution in [1.29, 1.82) is 0 Å². The molecule has 0 heterocycles. The molecule has 0 bridgehead atoms. The summed E-state index contributed by atoms with van der Waals surface area (Å²) in [7, 11) is 0. The van der Waals surface area contributed by atoms with Gasteiger partial charge >= 0.3 is 0 Å². The van der Waals surface area contributed by atoms with Crippen molar-refractivity contribution < 1.29 is 27.1 Å². The smallest absolute Gasteiger partial charge is 0.200 e. The summed E-state index contributed by atoms with van der Waals surface area (Å²) in [6, 6.07) is -0.573. The Hall–Kier alpha value is -1.37. The molecule has 2 rings (SSSR count). The molecule has 1 aromatic rings. The summed E-state index contributed by atoms with van der Waals surface area (Å²) in [5.41, 5.74) is -1.76. The number of anilines is 1. The van der Waals surface area contributed by atoms with Crippen LogP contribution in [0.2, 0.25) is 0 Å². The average Bonchev–Trinajstić information content (AvgIpc) is 2.37. The summed E-state index contributed by atoms with van der Waals surface area (Å²) in [6.45, 7) is 3.26. The molecule has 0 radical (unpaired) electrons. The fraction of sp³-hybridized carbons (Fsp3) is 0.500. The van der Waals surface area contributed by atoms with E-state index in [0.717, 1.165) is 0 Å². The molecule has 0 spiro atoms. The molecule has 1 saturated carbocycles. The lowest BCUT2D eigenvalue weighted by Crippen LogP contribution is -2.57. The van der Waals surface area contributed by atoms with Crippen molar-refractivity contribution in [2.24, 2.45) is 5.41 Å². The van der Waals surface area contributed by atoms with Gasteiger partial charge in [-0.05, 0) is 6.42 Å². The largest absolute Gasteiger partial charge is 0.392 e. The summed E-state index contributed by atoms with van der Waals surface area (Å²) in [5, 5.41) is 11.8. The van der Waals surface area contributed by atoms with Gasteiger partial charge in [-0.2, -0.15) is 0 Å². The lowest BCUT2D eigenvalue weighted by molar-refractivity contribution is -0.0512. The Balaban J connectivity index is 2.37. The van der Waals surface area contributed by atoms with E-state index in [2.05, 4.69) is 5.32 Å². The van der Waals surface area contributed by atoms with Crippen LogP contribution in [0.25, 0.3) is 0 Å². The van der Waals surface area contributed by atoms with Crippen molar-refractivity contribution >= 4 is 5.69 Å². The maximum absolute atomic E-state index is 13.4. The van der Waals surface area contributed by atoms with Crippen molar-refractivity contribution in [3.8, 4) is 0 Å². The first kappa shape index (κ1) is 14.0. The predicted octanol–water partition coefficient (Wildman–Crippen LogP) is 2.95. The van der Waals surface area contributed by atoms with Gasteiger partial charge in [-0.3, -0.25) is 0 Å².